The summed E-state index contributed by atoms with van der Waals surface area (Å²) in [6, 6.07) is 6.45. The summed E-state index contributed by atoms with van der Waals surface area (Å²) in [5.41, 5.74) is 0.858. The molecule has 0 heterocycles. The molecule has 0 atom stereocenters. The number of rotatable bonds is 8. The fourth-order valence-electron chi connectivity index (χ4n) is 3.57. The lowest BCUT2D eigenvalue weighted by atomic mass is 9.86. The molecular formula is C16H28O6P2. The third kappa shape index (κ3) is 3.41. The third-order valence-corrected chi connectivity index (χ3v) is 9.40. The van der Waals surface area contributed by atoms with Gasteiger partial charge in [-0.25, -0.2) is 0 Å². The molecule has 6 nitrogen and oxygen atoms in total. The molecule has 0 unspecified atom stereocenters. The molecule has 8 heteroatoms. The standard InChI is InChI=1S/C16H28O6P2/c1-5-15(6-2,23(17,18)19)13-10-9-11-14(12-13)16(7-3,8-4)24(20,21)22/h9-12H,5-8H2,1-4H3,(H2,17,18,19)(H2,20,21,22). The molecule has 0 spiro atoms. The summed E-state index contributed by atoms with van der Waals surface area (Å²) in [5.74, 6) is 0. The van der Waals surface area contributed by atoms with Crippen molar-refractivity contribution in [3.63, 3.8) is 0 Å². The zero-order chi connectivity index (χ0) is 18.8. The Morgan fingerprint density at radius 1 is 0.750 bits per heavy atom. The highest BCUT2D eigenvalue weighted by Crippen LogP contribution is 2.63. The van der Waals surface area contributed by atoms with Crippen LogP contribution in [0.25, 0.3) is 0 Å². The summed E-state index contributed by atoms with van der Waals surface area (Å²) in [5, 5.41) is -2.68. The number of hydrogen-bond donors (Lipinski definition) is 4. The van der Waals surface area contributed by atoms with Gasteiger partial charge >= 0.3 is 15.2 Å². The molecular weight excluding hydrogens is 350 g/mol. The van der Waals surface area contributed by atoms with Crippen LogP contribution in [0.2, 0.25) is 0 Å². The van der Waals surface area contributed by atoms with Gasteiger partial charge in [-0.15, -0.1) is 0 Å². The summed E-state index contributed by atoms with van der Waals surface area (Å²) >= 11 is 0. The summed E-state index contributed by atoms with van der Waals surface area (Å²) < 4.78 is 24.3. The van der Waals surface area contributed by atoms with E-state index in [0.717, 1.165) is 0 Å². The largest absolute Gasteiger partial charge is 0.335 e. The van der Waals surface area contributed by atoms with E-state index in [1.807, 2.05) is 0 Å². The van der Waals surface area contributed by atoms with Gasteiger partial charge in [0.1, 0.15) is 0 Å². The minimum atomic E-state index is -4.45. The van der Waals surface area contributed by atoms with Crippen LogP contribution in [0.5, 0.6) is 0 Å². The predicted molar refractivity (Wildman–Crippen MR) is 95.1 cm³/mol. The molecule has 0 saturated carbocycles. The smallest absolute Gasteiger partial charge is 0.324 e. The van der Waals surface area contributed by atoms with Gasteiger partial charge in [-0.1, -0.05) is 52.0 Å². The van der Waals surface area contributed by atoms with Crippen LogP contribution in [-0.4, -0.2) is 19.6 Å². The highest BCUT2D eigenvalue weighted by Gasteiger charge is 2.48. The fraction of sp³-hybridized carbons (Fsp3) is 0.625. The normalized spacial score (nSPS) is 14.0. The maximum Gasteiger partial charge on any atom is 0.335 e. The van der Waals surface area contributed by atoms with Gasteiger partial charge in [0, 0.05) is 0 Å². The van der Waals surface area contributed by atoms with Gasteiger partial charge < -0.3 is 19.6 Å². The Balaban J connectivity index is 3.69. The lowest BCUT2D eigenvalue weighted by Gasteiger charge is -2.36. The van der Waals surface area contributed by atoms with Gasteiger partial charge in [0.05, 0.1) is 10.3 Å². The van der Waals surface area contributed by atoms with E-state index in [0.29, 0.717) is 11.1 Å². The number of benzene rings is 1. The molecule has 0 aliphatic heterocycles. The van der Waals surface area contributed by atoms with Gasteiger partial charge in [-0.3, -0.25) is 9.13 Å². The third-order valence-electron chi connectivity index (χ3n) is 5.39. The van der Waals surface area contributed by atoms with Crippen molar-refractivity contribution in [2.75, 3.05) is 0 Å². The van der Waals surface area contributed by atoms with Crippen LogP contribution in [-0.2, 0) is 19.4 Å². The molecule has 1 aromatic rings. The first-order chi connectivity index (χ1) is 11.0. The first-order valence-corrected chi connectivity index (χ1v) is 11.4. The molecule has 0 aliphatic carbocycles. The zero-order valence-corrected chi connectivity index (χ0v) is 16.4. The van der Waals surface area contributed by atoms with Gasteiger partial charge in [0.25, 0.3) is 0 Å². The lowest BCUT2D eigenvalue weighted by Crippen LogP contribution is -2.28. The average molecular weight is 378 g/mol. The molecule has 0 amide bonds. The quantitative estimate of drug-likeness (QED) is 0.507. The maximum absolute atomic E-state index is 12.2. The van der Waals surface area contributed by atoms with Crippen molar-refractivity contribution in [3.8, 4) is 0 Å². The summed E-state index contributed by atoms with van der Waals surface area (Å²) in [6.45, 7) is 6.85. The van der Waals surface area contributed by atoms with Crippen LogP contribution in [0, 0.1) is 0 Å². The molecule has 24 heavy (non-hydrogen) atoms. The Bertz CT molecular complexity index is 599. The molecule has 0 saturated heterocycles. The van der Waals surface area contributed by atoms with Crippen LogP contribution in [0.4, 0.5) is 0 Å². The molecule has 4 N–H and O–H groups in total. The fourth-order valence-corrected chi connectivity index (χ4v) is 6.17. The van der Waals surface area contributed by atoms with Crippen molar-refractivity contribution in [1.82, 2.24) is 0 Å². The number of hydrogen-bond acceptors (Lipinski definition) is 2. The summed E-state index contributed by atoms with van der Waals surface area (Å²) in [6.07, 6.45) is 0.938. The van der Waals surface area contributed by atoms with E-state index >= 15 is 0 Å². The predicted octanol–water partition coefficient (Wildman–Crippen LogP) is 4.07. The Morgan fingerprint density at radius 3 is 1.25 bits per heavy atom. The maximum atomic E-state index is 12.2. The van der Waals surface area contributed by atoms with Crippen LogP contribution >= 0.6 is 15.2 Å². The van der Waals surface area contributed by atoms with Crippen LogP contribution in [0.1, 0.15) is 64.5 Å². The van der Waals surface area contributed by atoms with Gasteiger partial charge in [-0.2, -0.15) is 0 Å². The van der Waals surface area contributed by atoms with E-state index in [1.54, 1.807) is 52.0 Å². The monoisotopic (exact) mass is 378 g/mol. The van der Waals surface area contributed by atoms with Crippen molar-refractivity contribution < 1.29 is 28.7 Å². The van der Waals surface area contributed by atoms with Gasteiger partial charge in [0.2, 0.25) is 0 Å². The molecule has 1 rings (SSSR count). The Kier molecular flexibility index (Phi) is 6.66. The van der Waals surface area contributed by atoms with E-state index in [1.165, 1.54) is 0 Å². The first-order valence-electron chi connectivity index (χ1n) is 8.18. The molecule has 138 valence electrons. The highest BCUT2D eigenvalue weighted by molar-refractivity contribution is 7.53. The molecule has 1 aromatic carbocycles. The highest BCUT2D eigenvalue weighted by atomic mass is 31.2. The topological polar surface area (TPSA) is 115 Å². The van der Waals surface area contributed by atoms with E-state index in [9.17, 15) is 28.7 Å². The van der Waals surface area contributed by atoms with Crippen molar-refractivity contribution in [2.24, 2.45) is 0 Å². The van der Waals surface area contributed by atoms with Crippen LogP contribution in [0.15, 0.2) is 24.3 Å². The Labute approximate surface area is 143 Å². The molecule has 0 aromatic heterocycles. The minimum absolute atomic E-state index is 0.235. The van der Waals surface area contributed by atoms with Gasteiger partial charge in [0.15, 0.2) is 0 Å². The average Bonchev–Trinajstić information content (AvgIpc) is 2.48. The van der Waals surface area contributed by atoms with Crippen molar-refractivity contribution in [1.29, 1.82) is 0 Å². The van der Waals surface area contributed by atoms with Gasteiger partial charge in [-0.05, 0) is 36.8 Å². The summed E-state index contributed by atoms with van der Waals surface area (Å²) in [7, 11) is -8.91. The molecule has 0 radical (unpaired) electrons. The SMILES string of the molecule is CCC(CC)(c1cccc(C(CC)(CC)P(=O)(O)O)c1)P(=O)(O)O. The van der Waals surface area contributed by atoms with Crippen molar-refractivity contribution in [2.45, 2.75) is 63.7 Å². The second-order valence-corrected chi connectivity index (χ2v) is 10.0. The van der Waals surface area contributed by atoms with Crippen molar-refractivity contribution in [3.05, 3.63) is 35.4 Å². The minimum Gasteiger partial charge on any atom is -0.324 e. The van der Waals surface area contributed by atoms with E-state index in [4.69, 9.17) is 0 Å². The van der Waals surface area contributed by atoms with Crippen LogP contribution < -0.4 is 0 Å². The molecule has 0 fully saturated rings. The Hall–Kier alpha value is -0.480. The van der Waals surface area contributed by atoms with Crippen LogP contribution in [0.3, 0.4) is 0 Å². The molecule has 0 bridgehead atoms. The summed E-state index contributed by atoms with van der Waals surface area (Å²) in [4.78, 5) is 39.6. The van der Waals surface area contributed by atoms with E-state index < -0.39 is 25.5 Å². The van der Waals surface area contributed by atoms with E-state index in [2.05, 4.69) is 0 Å². The Morgan fingerprint density at radius 2 is 1.04 bits per heavy atom. The first kappa shape index (κ1) is 21.6. The van der Waals surface area contributed by atoms with E-state index in [-0.39, 0.29) is 25.7 Å². The second kappa shape index (κ2) is 7.41. The molecule has 0 aliphatic rings. The second-order valence-electron chi connectivity index (χ2n) is 6.15. The lowest BCUT2D eigenvalue weighted by molar-refractivity contribution is 0.313. The van der Waals surface area contributed by atoms with Crippen molar-refractivity contribution >= 4 is 15.2 Å². The zero-order valence-electron chi connectivity index (χ0n) is 14.6.